The fraction of sp³-hybridized carbons (Fsp3) is 0.600. The summed E-state index contributed by atoms with van der Waals surface area (Å²) in [7, 11) is 0. The van der Waals surface area contributed by atoms with Gasteiger partial charge in [-0.1, -0.05) is 56.7 Å². The minimum absolute atomic E-state index is 0.0859. The maximum atomic E-state index is 12.5. The van der Waals surface area contributed by atoms with E-state index in [0.29, 0.717) is 22.8 Å². The van der Waals surface area contributed by atoms with Crippen molar-refractivity contribution in [2.75, 3.05) is 0 Å². The zero-order chi connectivity index (χ0) is 16.8. The van der Waals surface area contributed by atoms with Gasteiger partial charge < -0.3 is 4.90 Å². The Morgan fingerprint density at radius 1 is 0.875 bits per heavy atom. The molecule has 3 rings (SSSR count). The van der Waals surface area contributed by atoms with Crippen molar-refractivity contribution in [3.63, 3.8) is 0 Å². The average Bonchev–Trinajstić information content (AvgIpc) is 2.64. The molecule has 0 aromatic heterocycles. The molecule has 2 saturated carbocycles. The van der Waals surface area contributed by atoms with Gasteiger partial charge in [0.1, 0.15) is 0 Å². The number of thiocarbonyl (C=S) groups is 1. The Balaban J connectivity index is 1.71. The van der Waals surface area contributed by atoms with E-state index in [4.69, 9.17) is 12.2 Å². The van der Waals surface area contributed by atoms with E-state index >= 15 is 0 Å². The maximum absolute atomic E-state index is 12.5. The Bertz CT molecular complexity index is 530. The van der Waals surface area contributed by atoms with Crippen molar-refractivity contribution in [2.24, 2.45) is 0 Å². The summed E-state index contributed by atoms with van der Waals surface area (Å²) in [6, 6.07) is 10.4. The topological polar surface area (TPSA) is 32.3 Å². The lowest BCUT2D eigenvalue weighted by atomic mass is 9.89. The van der Waals surface area contributed by atoms with Gasteiger partial charge in [-0.05, 0) is 50.0 Å². The molecule has 2 aliphatic rings. The lowest BCUT2D eigenvalue weighted by Gasteiger charge is -2.43. The molecule has 0 bridgehead atoms. The summed E-state index contributed by atoms with van der Waals surface area (Å²) in [5, 5.41) is 3.65. The van der Waals surface area contributed by atoms with Crippen molar-refractivity contribution in [1.82, 2.24) is 10.2 Å². The number of amides is 1. The van der Waals surface area contributed by atoms with Crippen LogP contribution in [0.3, 0.4) is 0 Å². The van der Waals surface area contributed by atoms with E-state index in [1.165, 1.54) is 64.2 Å². The van der Waals surface area contributed by atoms with Crippen molar-refractivity contribution in [2.45, 2.75) is 76.3 Å². The normalized spacial score (nSPS) is 19.7. The van der Waals surface area contributed by atoms with Crippen molar-refractivity contribution < 1.29 is 4.79 Å². The fourth-order valence-corrected chi connectivity index (χ4v) is 4.56. The van der Waals surface area contributed by atoms with Crippen molar-refractivity contribution in [1.29, 1.82) is 0 Å². The zero-order valence-corrected chi connectivity index (χ0v) is 15.2. The van der Waals surface area contributed by atoms with Crippen molar-refractivity contribution in [3.05, 3.63) is 35.9 Å². The molecule has 2 fully saturated rings. The molecule has 2 aliphatic carbocycles. The third-order valence-corrected chi connectivity index (χ3v) is 5.74. The van der Waals surface area contributed by atoms with E-state index in [2.05, 4.69) is 10.2 Å². The number of benzene rings is 1. The van der Waals surface area contributed by atoms with E-state index < -0.39 is 0 Å². The van der Waals surface area contributed by atoms with Gasteiger partial charge in [0.05, 0.1) is 0 Å². The van der Waals surface area contributed by atoms with E-state index in [9.17, 15) is 4.79 Å². The molecule has 3 nitrogen and oxygen atoms in total. The highest BCUT2D eigenvalue weighted by Gasteiger charge is 2.31. The first-order valence-electron chi connectivity index (χ1n) is 9.44. The standard InChI is InChI=1S/C20H28N2OS/c23-19(16-10-4-1-5-11-16)21-20(24)22(17-12-6-2-7-13-17)18-14-8-3-9-15-18/h1,4-5,10-11,17-18H,2-3,6-9,12-15H2,(H,21,23,24). The highest BCUT2D eigenvalue weighted by molar-refractivity contribution is 7.80. The summed E-state index contributed by atoms with van der Waals surface area (Å²) in [5.41, 5.74) is 0.673. The molecule has 24 heavy (non-hydrogen) atoms. The van der Waals surface area contributed by atoms with Crippen LogP contribution in [0.1, 0.15) is 74.6 Å². The van der Waals surface area contributed by atoms with Gasteiger partial charge in [-0.25, -0.2) is 0 Å². The summed E-state index contributed by atoms with van der Waals surface area (Å²) in [4.78, 5) is 14.9. The summed E-state index contributed by atoms with van der Waals surface area (Å²) < 4.78 is 0. The number of hydrogen-bond acceptors (Lipinski definition) is 2. The molecule has 0 spiro atoms. The van der Waals surface area contributed by atoms with Crippen molar-refractivity contribution >= 4 is 23.2 Å². The fourth-order valence-electron chi connectivity index (χ4n) is 4.17. The van der Waals surface area contributed by atoms with Gasteiger partial charge in [-0.3, -0.25) is 10.1 Å². The Hall–Kier alpha value is -1.42. The summed E-state index contributed by atoms with van der Waals surface area (Å²) >= 11 is 5.71. The van der Waals surface area contributed by atoms with Gasteiger partial charge in [0, 0.05) is 17.6 Å². The van der Waals surface area contributed by atoms with Crippen LogP contribution in [0.4, 0.5) is 0 Å². The summed E-state index contributed by atoms with van der Waals surface area (Å²) in [6.45, 7) is 0. The van der Waals surface area contributed by atoms with Gasteiger partial charge in [-0.15, -0.1) is 0 Å². The molecule has 4 heteroatoms. The summed E-state index contributed by atoms with van der Waals surface area (Å²) in [5.74, 6) is -0.0859. The zero-order valence-electron chi connectivity index (χ0n) is 14.4. The first kappa shape index (κ1) is 17.4. The van der Waals surface area contributed by atoms with Gasteiger partial charge in [-0.2, -0.15) is 0 Å². The minimum atomic E-state index is -0.0859. The lowest BCUT2D eigenvalue weighted by Crippen LogP contribution is -2.53. The molecule has 130 valence electrons. The number of rotatable bonds is 3. The van der Waals surface area contributed by atoms with E-state index in [0.717, 1.165) is 0 Å². The molecule has 0 radical (unpaired) electrons. The number of carbonyl (C=O) groups excluding carboxylic acids is 1. The molecular weight excluding hydrogens is 316 g/mol. The van der Waals surface area contributed by atoms with E-state index in [1.54, 1.807) is 0 Å². The van der Waals surface area contributed by atoms with Crippen LogP contribution in [-0.4, -0.2) is 28.0 Å². The smallest absolute Gasteiger partial charge is 0.257 e. The molecule has 0 heterocycles. The van der Waals surface area contributed by atoms with Crippen LogP contribution in [0, 0.1) is 0 Å². The minimum Gasteiger partial charge on any atom is -0.343 e. The van der Waals surface area contributed by atoms with E-state index in [-0.39, 0.29) is 5.91 Å². The summed E-state index contributed by atoms with van der Waals surface area (Å²) in [6.07, 6.45) is 12.6. The number of nitrogens with zero attached hydrogens (tertiary/aromatic N) is 1. The quantitative estimate of drug-likeness (QED) is 0.809. The van der Waals surface area contributed by atoms with Crippen LogP contribution in [-0.2, 0) is 0 Å². The Morgan fingerprint density at radius 2 is 1.38 bits per heavy atom. The molecule has 0 atom stereocenters. The number of nitrogens with one attached hydrogen (secondary N) is 1. The van der Waals surface area contributed by atoms with Crippen LogP contribution in [0.15, 0.2) is 30.3 Å². The first-order valence-corrected chi connectivity index (χ1v) is 9.85. The van der Waals surface area contributed by atoms with E-state index in [1.807, 2.05) is 30.3 Å². The SMILES string of the molecule is O=C(NC(=S)N(C1CCCCC1)C1CCCCC1)c1ccccc1. The van der Waals surface area contributed by atoms with Gasteiger partial charge in [0.15, 0.2) is 5.11 Å². The Labute approximate surface area is 150 Å². The molecule has 1 aromatic carbocycles. The van der Waals surface area contributed by atoms with Crippen molar-refractivity contribution in [3.8, 4) is 0 Å². The Kier molecular flexibility index (Phi) is 6.24. The molecule has 0 unspecified atom stereocenters. The highest BCUT2D eigenvalue weighted by Crippen LogP contribution is 2.30. The number of carbonyl (C=O) groups is 1. The molecule has 0 saturated heterocycles. The van der Waals surface area contributed by atoms with Crippen LogP contribution < -0.4 is 5.32 Å². The third-order valence-electron chi connectivity index (χ3n) is 5.43. The Morgan fingerprint density at radius 3 is 1.88 bits per heavy atom. The molecule has 1 amide bonds. The third kappa shape index (κ3) is 4.35. The predicted molar refractivity (Wildman–Crippen MR) is 102 cm³/mol. The number of hydrogen-bond donors (Lipinski definition) is 1. The maximum Gasteiger partial charge on any atom is 0.257 e. The van der Waals surface area contributed by atoms with Gasteiger partial charge in [0.25, 0.3) is 5.91 Å². The average molecular weight is 345 g/mol. The van der Waals surface area contributed by atoms with Gasteiger partial charge in [0.2, 0.25) is 0 Å². The second-order valence-corrected chi connectivity index (χ2v) is 7.50. The molecular formula is C20H28N2OS. The predicted octanol–water partition coefficient (Wildman–Crippen LogP) is 4.67. The molecule has 1 aromatic rings. The van der Waals surface area contributed by atoms with Crippen LogP contribution in [0.2, 0.25) is 0 Å². The largest absolute Gasteiger partial charge is 0.343 e. The van der Waals surface area contributed by atoms with Gasteiger partial charge >= 0.3 is 0 Å². The molecule has 0 aliphatic heterocycles. The van der Waals surface area contributed by atoms with Crippen LogP contribution in [0.25, 0.3) is 0 Å². The van der Waals surface area contributed by atoms with Crippen LogP contribution in [0.5, 0.6) is 0 Å². The first-order chi connectivity index (χ1) is 11.8. The highest BCUT2D eigenvalue weighted by atomic mass is 32.1. The van der Waals surface area contributed by atoms with Crippen LogP contribution >= 0.6 is 12.2 Å². The molecule has 1 N–H and O–H groups in total. The monoisotopic (exact) mass is 344 g/mol. The second-order valence-electron chi connectivity index (χ2n) is 7.12. The lowest BCUT2D eigenvalue weighted by molar-refractivity contribution is 0.0961. The second kappa shape index (κ2) is 8.61.